The van der Waals surface area contributed by atoms with Crippen LogP contribution < -0.4 is 0 Å². The molecule has 2 atom stereocenters. The minimum atomic E-state index is -3.60. The lowest BCUT2D eigenvalue weighted by molar-refractivity contribution is -0.142. The number of aliphatic carboxylic acids is 1. The molecule has 0 heterocycles. The molecule has 52 valence electrons. The summed E-state index contributed by atoms with van der Waals surface area (Å²) < 4.78 is 74.5. The van der Waals surface area contributed by atoms with Gasteiger partial charge < -0.3 is 5.11 Å². The zero-order valence-corrected chi connectivity index (χ0v) is 4.43. The van der Waals surface area contributed by atoms with Crippen molar-refractivity contribution in [3.05, 3.63) is 0 Å². The number of rotatable bonds is 1. The van der Waals surface area contributed by atoms with Gasteiger partial charge in [0.05, 0.1) is 5.89 Å². The Morgan fingerprint density at radius 1 is 1.67 bits per heavy atom. The highest BCUT2D eigenvalue weighted by Gasteiger charge is 2.19. The maximum Gasteiger partial charge on any atom is 0.306 e. The van der Waals surface area contributed by atoms with Crippen LogP contribution in [0, 0.1) is 5.89 Å². The van der Waals surface area contributed by atoms with Crippen molar-refractivity contribution in [1.29, 1.82) is 0 Å². The Labute approximate surface area is 68.9 Å². The highest BCUT2D eigenvalue weighted by atomic mass is 16.4. The van der Waals surface area contributed by atoms with E-state index in [9.17, 15) is 4.79 Å². The Hall–Kier alpha value is -0.530. The van der Waals surface area contributed by atoms with E-state index in [2.05, 4.69) is 0 Å². The van der Waals surface area contributed by atoms with Gasteiger partial charge in [-0.3, -0.25) is 4.79 Å². The minimum absolute atomic E-state index is 2.21. The number of carboxylic acid groups (broad SMARTS) is 1. The highest BCUT2D eigenvalue weighted by molar-refractivity contribution is 5.69. The Morgan fingerprint density at radius 2 is 2.44 bits per heavy atom. The third-order valence-electron chi connectivity index (χ3n) is 0.779. The molecule has 1 aliphatic carbocycles. The SMILES string of the molecule is [2H]C1C([2H])([2H])C([2H])([2H])C([2H])([2H])C([2H])([2H])C1([2H])C(=O)O. The summed E-state index contributed by atoms with van der Waals surface area (Å²) in [6.45, 7) is 0. The highest BCUT2D eigenvalue weighted by Crippen LogP contribution is 2.23. The molecule has 0 aromatic carbocycles. The second-order valence-electron chi connectivity index (χ2n) is 1.38. The van der Waals surface area contributed by atoms with E-state index in [1.807, 2.05) is 0 Å². The van der Waals surface area contributed by atoms with Gasteiger partial charge >= 0.3 is 5.97 Å². The first-order valence-electron chi connectivity index (χ1n) is 7.33. The van der Waals surface area contributed by atoms with Gasteiger partial charge in [-0.1, -0.05) is 19.1 Å². The predicted octanol–water partition coefficient (Wildman–Crippen LogP) is 1.65. The fraction of sp³-hybridized carbons (Fsp3) is 0.857. The fourth-order valence-corrected chi connectivity index (χ4v) is 0.394. The van der Waals surface area contributed by atoms with Crippen molar-refractivity contribution >= 4 is 5.97 Å². The molecule has 1 saturated carbocycles. The third-order valence-corrected chi connectivity index (χ3v) is 0.779. The van der Waals surface area contributed by atoms with E-state index >= 15 is 0 Å². The van der Waals surface area contributed by atoms with Crippen LogP contribution in [0.4, 0.5) is 0 Å². The molecule has 0 bridgehead atoms. The molecule has 0 radical (unpaired) electrons. The Morgan fingerprint density at radius 3 is 3.11 bits per heavy atom. The lowest BCUT2D eigenvalue weighted by atomic mass is 9.90. The van der Waals surface area contributed by atoms with Gasteiger partial charge in [0.15, 0.2) is 0 Å². The van der Waals surface area contributed by atoms with Gasteiger partial charge in [-0.25, -0.2) is 0 Å². The Balaban J connectivity index is 3.72. The van der Waals surface area contributed by atoms with E-state index in [1.165, 1.54) is 0 Å². The second-order valence-corrected chi connectivity index (χ2v) is 1.38. The molecule has 0 aromatic heterocycles. The lowest BCUT2D eigenvalue weighted by Crippen LogP contribution is -2.16. The summed E-state index contributed by atoms with van der Waals surface area (Å²) in [5, 5.41) is 8.93. The molecule has 1 fully saturated rings. The van der Waals surface area contributed by atoms with Crippen LogP contribution in [0.25, 0.3) is 0 Å². The summed E-state index contributed by atoms with van der Waals surface area (Å²) in [4.78, 5) is 11.1. The topological polar surface area (TPSA) is 37.3 Å². The lowest BCUT2D eigenvalue weighted by Gasteiger charge is -2.16. The van der Waals surface area contributed by atoms with Gasteiger partial charge in [0.2, 0.25) is 0 Å². The third kappa shape index (κ3) is 1.70. The van der Waals surface area contributed by atoms with E-state index in [0.717, 1.165) is 0 Å². The first-order chi connectivity index (χ1) is 8.10. The number of carboxylic acids is 1. The van der Waals surface area contributed by atoms with Crippen LogP contribution in [0.5, 0.6) is 0 Å². The van der Waals surface area contributed by atoms with E-state index in [0.29, 0.717) is 0 Å². The van der Waals surface area contributed by atoms with E-state index in [1.54, 1.807) is 0 Å². The van der Waals surface area contributed by atoms with Crippen LogP contribution in [-0.4, -0.2) is 11.1 Å². The molecule has 0 spiro atoms. The van der Waals surface area contributed by atoms with E-state index in [4.69, 9.17) is 18.8 Å². The molecular formula is C7H12O2. The molecule has 0 saturated heterocycles. The number of hydrogen-bond acceptors (Lipinski definition) is 1. The van der Waals surface area contributed by atoms with Crippen molar-refractivity contribution in [3.63, 3.8) is 0 Å². The minimum Gasteiger partial charge on any atom is -0.481 e. The maximum absolute atomic E-state index is 11.1. The zero-order chi connectivity index (χ0) is 15.7. The molecule has 2 unspecified atom stereocenters. The second kappa shape index (κ2) is 2.85. The van der Waals surface area contributed by atoms with Crippen LogP contribution in [0.3, 0.4) is 0 Å². The summed E-state index contributed by atoms with van der Waals surface area (Å²) >= 11 is 0. The number of hydrogen-bond donors (Lipinski definition) is 1. The zero-order valence-electron chi connectivity index (χ0n) is 14.4. The fourth-order valence-electron chi connectivity index (χ4n) is 0.394. The number of carbonyl (C=O) groups is 1. The van der Waals surface area contributed by atoms with Crippen LogP contribution in [0.15, 0.2) is 0 Å². The summed E-state index contributed by atoms with van der Waals surface area (Å²) in [5.41, 5.74) is 0. The Bertz CT molecular complexity index is 418. The molecular weight excluding hydrogens is 116 g/mol. The molecule has 1 N–H and O–H groups in total. The van der Waals surface area contributed by atoms with Crippen molar-refractivity contribution in [1.82, 2.24) is 0 Å². The average Bonchev–Trinajstić information content (AvgIpc) is 2.24. The molecule has 0 amide bonds. The van der Waals surface area contributed by atoms with Gasteiger partial charge in [-0.05, 0) is 12.8 Å². The quantitative estimate of drug-likeness (QED) is 0.598. The molecule has 1 rings (SSSR count). The maximum atomic E-state index is 11.1. The van der Waals surface area contributed by atoms with Gasteiger partial charge in [-0.2, -0.15) is 0 Å². The normalized spacial score (nSPS) is 82.9. The monoisotopic (exact) mass is 138 g/mol. The first kappa shape index (κ1) is 1.39. The predicted molar refractivity (Wildman–Crippen MR) is 34.2 cm³/mol. The van der Waals surface area contributed by atoms with Gasteiger partial charge in [0.1, 0.15) is 0 Å². The molecule has 1 aliphatic rings. The largest absolute Gasteiger partial charge is 0.481 e. The van der Waals surface area contributed by atoms with Crippen LogP contribution >= 0.6 is 0 Å². The van der Waals surface area contributed by atoms with Gasteiger partial charge in [0.25, 0.3) is 0 Å². The van der Waals surface area contributed by atoms with Crippen molar-refractivity contribution in [2.24, 2.45) is 5.89 Å². The molecule has 0 aromatic rings. The van der Waals surface area contributed by atoms with Gasteiger partial charge in [-0.15, -0.1) is 0 Å². The van der Waals surface area contributed by atoms with Crippen molar-refractivity contribution in [2.75, 3.05) is 0 Å². The van der Waals surface area contributed by atoms with Crippen LogP contribution in [-0.2, 0) is 4.79 Å². The van der Waals surface area contributed by atoms with Crippen molar-refractivity contribution in [3.8, 4) is 0 Å². The average molecular weight is 138 g/mol. The molecule has 2 heteroatoms. The van der Waals surface area contributed by atoms with Crippen molar-refractivity contribution < 1.29 is 23.6 Å². The summed E-state index contributed by atoms with van der Waals surface area (Å²) in [6.07, 6.45) is -16.6. The molecule has 9 heavy (non-hydrogen) atoms. The Kier molecular flexibility index (Phi) is 0.439. The molecule has 2 nitrogen and oxygen atoms in total. The smallest absolute Gasteiger partial charge is 0.306 e. The van der Waals surface area contributed by atoms with Gasteiger partial charge in [0, 0.05) is 13.7 Å². The summed E-state index contributed by atoms with van der Waals surface area (Å²) in [6, 6.07) is 0. The van der Waals surface area contributed by atoms with Crippen LogP contribution in [0.2, 0.25) is 0 Å². The first-order valence-corrected chi connectivity index (χ1v) is 2.26. The van der Waals surface area contributed by atoms with Crippen molar-refractivity contribution in [2.45, 2.75) is 31.9 Å². The molecule has 0 aliphatic heterocycles. The van der Waals surface area contributed by atoms with E-state index in [-0.39, 0.29) is 0 Å². The van der Waals surface area contributed by atoms with E-state index < -0.39 is 43.8 Å². The summed E-state index contributed by atoms with van der Waals surface area (Å²) in [5.74, 6) is -5.67. The summed E-state index contributed by atoms with van der Waals surface area (Å²) in [7, 11) is 0. The standard InChI is InChI=1S/C7H12O2/c8-7(9)6-4-2-1-3-5-6/h6H,1-5H2,(H,8,9)/i1D2,2D2,3D2,4D,5D2,6D. The van der Waals surface area contributed by atoms with Crippen LogP contribution in [0.1, 0.15) is 45.6 Å².